The minimum Gasteiger partial charge on any atom is -0.491 e. The number of nitrogens with two attached hydrogens (primary N) is 1. The van der Waals surface area contributed by atoms with Crippen LogP contribution in [0.5, 0.6) is 5.75 Å². The first kappa shape index (κ1) is 15.0. The van der Waals surface area contributed by atoms with Crippen LogP contribution in [-0.2, 0) is 16.1 Å². The van der Waals surface area contributed by atoms with E-state index in [1.54, 1.807) is 24.3 Å². The number of carbonyl (C=O) groups excluding carboxylic acids is 1. The van der Waals surface area contributed by atoms with E-state index in [-0.39, 0.29) is 12.6 Å². The zero-order valence-corrected chi connectivity index (χ0v) is 10.9. The van der Waals surface area contributed by atoms with E-state index in [0.29, 0.717) is 0 Å². The van der Waals surface area contributed by atoms with Crippen molar-refractivity contribution in [1.29, 1.82) is 0 Å². The Morgan fingerprint density at radius 3 is 2.37 bits per heavy atom. The van der Waals surface area contributed by atoms with E-state index >= 15 is 0 Å². The molecule has 1 unspecified atom stereocenters. The summed E-state index contributed by atoms with van der Waals surface area (Å²) in [4.78, 5) is 21.8. The normalized spacial score (nSPS) is 12.0. The number of ether oxygens (including phenoxy) is 1. The van der Waals surface area contributed by atoms with Crippen molar-refractivity contribution in [3.8, 4) is 5.75 Å². The first-order chi connectivity index (χ1) is 8.90. The van der Waals surface area contributed by atoms with Gasteiger partial charge in [-0.15, -0.1) is 0 Å². The quantitative estimate of drug-likeness (QED) is 0.651. The highest BCUT2D eigenvalue weighted by molar-refractivity contribution is 6.00. The second kappa shape index (κ2) is 6.75. The van der Waals surface area contributed by atoms with E-state index in [9.17, 15) is 9.59 Å². The predicted molar refractivity (Wildman–Crippen MR) is 69.7 cm³/mol. The number of carboxylic acids is 1. The van der Waals surface area contributed by atoms with Crippen molar-refractivity contribution in [2.45, 2.75) is 32.5 Å². The van der Waals surface area contributed by atoms with Crippen LogP contribution in [0.25, 0.3) is 0 Å². The Hall–Kier alpha value is -2.08. The van der Waals surface area contributed by atoms with E-state index in [1.807, 2.05) is 13.8 Å². The molecule has 0 bridgehead atoms. The van der Waals surface area contributed by atoms with Crippen LogP contribution in [0.3, 0.4) is 0 Å². The van der Waals surface area contributed by atoms with Gasteiger partial charge in [-0.3, -0.25) is 4.79 Å². The van der Waals surface area contributed by atoms with Crippen LogP contribution < -0.4 is 15.8 Å². The Labute approximate surface area is 111 Å². The lowest BCUT2D eigenvalue weighted by molar-refractivity contribution is -0.142. The molecule has 0 aliphatic carbocycles. The third-order valence-electron chi connectivity index (χ3n) is 2.31. The highest BCUT2D eigenvalue weighted by Gasteiger charge is 2.20. The summed E-state index contributed by atoms with van der Waals surface area (Å²) in [6, 6.07) is 5.63. The average Bonchev–Trinajstić information content (AvgIpc) is 2.35. The summed E-state index contributed by atoms with van der Waals surface area (Å²) >= 11 is 0. The van der Waals surface area contributed by atoms with Crippen LogP contribution in [-0.4, -0.2) is 29.1 Å². The second-order valence-corrected chi connectivity index (χ2v) is 4.34. The van der Waals surface area contributed by atoms with Gasteiger partial charge in [-0.25, -0.2) is 4.79 Å². The van der Waals surface area contributed by atoms with Crippen molar-refractivity contribution < 1.29 is 19.4 Å². The number of benzene rings is 1. The molecular formula is C13H18N2O4. The molecule has 1 aromatic rings. The molecule has 1 amide bonds. The molecule has 104 valence electrons. The lowest BCUT2D eigenvalue weighted by Gasteiger charge is -2.11. The van der Waals surface area contributed by atoms with Crippen LogP contribution in [0.2, 0.25) is 0 Å². The number of amides is 1. The minimum atomic E-state index is -1.54. The Bertz CT molecular complexity index is 442. The maximum absolute atomic E-state index is 11.3. The third-order valence-corrected chi connectivity index (χ3v) is 2.31. The van der Waals surface area contributed by atoms with Gasteiger partial charge in [0.2, 0.25) is 5.91 Å². The molecular weight excluding hydrogens is 248 g/mol. The SMILES string of the molecule is CC(C)Oc1ccc(CNC(=O)C(N)C(=O)O)cc1. The van der Waals surface area contributed by atoms with E-state index in [0.717, 1.165) is 11.3 Å². The molecule has 19 heavy (non-hydrogen) atoms. The zero-order chi connectivity index (χ0) is 14.4. The minimum absolute atomic E-state index is 0.0964. The van der Waals surface area contributed by atoms with Gasteiger partial charge in [0.25, 0.3) is 0 Å². The van der Waals surface area contributed by atoms with Crippen molar-refractivity contribution in [2.75, 3.05) is 0 Å². The van der Waals surface area contributed by atoms with Crippen molar-refractivity contribution in [1.82, 2.24) is 5.32 Å². The third kappa shape index (κ3) is 4.97. The lowest BCUT2D eigenvalue weighted by Crippen LogP contribution is -2.45. The smallest absolute Gasteiger partial charge is 0.330 e. The van der Waals surface area contributed by atoms with Gasteiger partial charge in [-0.1, -0.05) is 12.1 Å². The summed E-state index contributed by atoms with van der Waals surface area (Å²) in [5.41, 5.74) is 6.01. The molecule has 4 N–H and O–H groups in total. The van der Waals surface area contributed by atoms with E-state index < -0.39 is 17.9 Å². The molecule has 0 saturated carbocycles. The summed E-state index contributed by atoms with van der Waals surface area (Å²) in [6.45, 7) is 4.09. The molecule has 0 saturated heterocycles. The van der Waals surface area contributed by atoms with Crippen molar-refractivity contribution >= 4 is 11.9 Å². The maximum Gasteiger partial charge on any atom is 0.330 e. The molecule has 0 spiro atoms. The van der Waals surface area contributed by atoms with E-state index in [1.165, 1.54) is 0 Å². The van der Waals surface area contributed by atoms with Crippen molar-refractivity contribution in [3.63, 3.8) is 0 Å². The van der Waals surface area contributed by atoms with Gasteiger partial charge < -0.3 is 20.9 Å². The molecule has 1 aromatic carbocycles. The van der Waals surface area contributed by atoms with Gasteiger partial charge in [0.15, 0.2) is 6.04 Å². The fraction of sp³-hybridized carbons (Fsp3) is 0.385. The number of aliphatic carboxylic acids is 1. The van der Waals surface area contributed by atoms with Crippen LogP contribution in [0.1, 0.15) is 19.4 Å². The molecule has 0 heterocycles. The zero-order valence-electron chi connectivity index (χ0n) is 10.9. The monoisotopic (exact) mass is 266 g/mol. The van der Waals surface area contributed by atoms with Gasteiger partial charge in [-0.2, -0.15) is 0 Å². The maximum atomic E-state index is 11.3. The topological polar surface area (TPSA) is 102 Å². The summed E-state index contributed by atoms with van der Waals surface area (Å²) < 4.78 is 5.48. The lowest BCUT2D eigenvalue weighted by atomic mass is 10.2. The van der Waals surface area contributed by atoms with Gasteiger partial charge >= 0.3 is 5.97 Å². The first-order valence-corrected chi connectivity index (χ1v) is 5.92. The molecule has 6 heteroatoms. The fourth-order valence-electron chi connectivity index (χ4n) is 1.37. The number of hydrogen-bond acceptors (Lipinski definition) is 4. The molecule has 0 aromatic heterocycles. The Kier molecular flexibility index (Phi) is 5.32. The summed E-state index contributed by atoms with van der Waals surface area (Å²) in [5.74, 6) is -1.32. The van der Waals surface area contributed by atoms with Crippen molar-refractivity contribution in [3.05, 3.63) is 29.8 Å². The number of carboxylic acid groups (broad SMARTS) is 1. The highest BCUT2D eigenvalue weighted by atomic mass is 16.5. The number of rotatable bonds is 6. The molecule has 1 rings (SSSR count). The van der Waals surface area contributed by atoms with Crippen molar-refractivity contribution in [2.24, 2.45) is 5.73 Å². The fourth-order valence-corrected chi connectivity index (χ4v) is 1.37. The van der Waals surface area contributed by atoms with Crippen LogP contribution in [0, 0.1) is 0 Å². The van der Waals surface area contributed by atoms with Gasteiger partial charge in [-0.05, 0) is 31.5 Å². The number of carbonyl (C=O) groups is 2. The molecule has 0 aliphatic rings. The number of hydrogen-bond donors (Lipinski definition) is 3. The number of nitrogens with one attached hydrogen (secondary N) is 1. The standard InChI is InChI=1S/C13H18N2O4/c1-8(2)19-10-5-3-9(4-6-10)7-15-12(16)11(14)13(17)18/h3-6,8,11H,7,14H2,1-2H3,(H,15,16)(H,17,18). The summed E-state index contributed by atoms with van der Waals surface area (Å²) in [5, 5.41) is 11.0. The highest BCUT2D eigenvalue weighted by Crippen LogP contribution is 2.13. The first-order valence-electron chi connectivity index (χ1n) is 5.92. The largest absolute Gasteiger partial charge is 0.491 e. The van der Waals surface area contributed by atoms with Crippen LogP contribution in [0.4, 0.5) is 0 Å². The predicted octanol–water partition coefficient (Wildman–Crippen LogP) is 0.502. The molecule has 0 radical (unpaired) electrons. The molecule has 1 atom stereocenters. The molecule has 6 nitrogen and oxygen atoms in total. The summed E-state index contributed by atoms with van der Waals surface area (Å²) in [7, 11) is 0. The molecule has 0 fully saturated rings. The molecule has 0 aliphatic heterocycles. The van der Waals surface area contributed by atoms with Gasteiger partial charge in [0.1, 0.15) is 5.75 Å². The van der Waals surface area contributed by atoms with Crippen LogP contribution >= 0.6 is 0 Å². The Morgan fingerprint density at radius 2 is 1.89 bits per heavy atom. The van der Waals surface area contributed by atoms with Gasteiger partial charge in [0, 0.05) is 6.54 Å². The second-order valence-electron chi connectivity index (χ2n) is 4.34. The summed E-state index contributed by atoms with van der Waals surface area (Å²) in [6.07, 6.45) is 0.0964. The van der Waals surface area contributed by atoms with E-state index in [2.05, 4.69) is 5.32 Å². The Balaban J connectivity index is 2.50. The van der Waals surface area contributed by atoms with Gasteiger partial charge in [0.05, 0.1) is 6.10 Å². The average molecular weight is 266 g/mol. The van der Waals surface area contributed by atoms with E-state index in [4.69, 9.17) is 15.6 Å². The van der Waals surface area contributed by atoms with Crippen LogP contribution in [0.15, 0.2) is 24.3 Å². The Morgan fingerprint density at radius 1 is 1.32 bits per heavy atom.